The first-order valence-electron chi connectivity index (χ1n) is 7.04. The second-order valence-corrected chi connectivity index (χ2v) is 6.35. The van der Waals surface area contributed by atoms with Crippen LogP contribution in [-0.2, 0) is 19.3 Å². The molecule has 0 fully saturated rings. The van der Waals surface area contributed by atoms with Crippen LogP contribution < -0.4 is 5.56 Å². The summed E-state index contributed by atoms with van der Waals surface area (Å²) in [7, 11) is 0. The Morgan fingerprint density at radius 3 is 2.85 bits per heavy atom. The van der Waals surface area contributed by atoms with E-state index in [0.717, 1.165) is 40.8 Å². The molecular formula is C16H17IN2O. The SMILES string of the molecule is CCc1nc(C2CCc3ccccc3C2)[nH]c(=O)c1I. The van der Waals surface area contributed by atoms with Gasteiger partial charge in [-0.3, -0.25) is 4.79 Å². The van der Waals surface area contributed by atoms with Crippen LogP contribution in [0.15, 0.2) is 29.1 Å². The van der Waals surface area contributed by atoms with Gasteiger partial charge in [-0.25, -0.2) is 4.98 Å². The molecule has 0 bridgehead atoms. The maximum absolute atomic E-state index is 12.0. The molecule has 3 rings (SSSR count). The van der Waals surface area contributed by atoms with Crippen LogP contribution in [0.3, 0.4) is 0 Å². The van der Waals surface area contributed by atoms with Crippen LogP contribution in [-0.4, -0.2) is 9.97 Å². The number of nitrogens with one attached hydrogen (secondary N) is 1. The standard InChI is InChI=1S/C16H17IN2O/c1-2-13-14(17)16(20)19-15(18-13)12-8-7-10-5-3-4-6-11(10)9-12/h3-6,12H,2,7-9H2,1H3,(H,18,19,20). The van der Waals surface area contributed by atoms with Crippen molar-refractivity contribution in [2.45, 2.75) is 38.5 Å². The molecule has 104 valence electrons. The molecule has 1 aromatic carbocycles. The third kappa shape index (κ3) is 2.53. The highest BCUT2D eigenvalue weighted by molar-refractivity contribution is 14.1. The first-order valence-corrected chi connectivity index (χ1v) is 8.12. The molecule has 1 heterocycles. The van der Waals surface area contributed by atoms with Gasteiger partial charge >= 0.3 is 0 Å². The summed E-state index contributed by atoms with van der Waals surface area (Å²) in [6.45, 7) is 2.05. The Morgan fingerprint density at radius 2 is 2.10 bits per heavy atom. The molecule has 3 nitrogen and oxygen atoms in total. The third-order valence-corrected chi connectivity index (χ3v) is 5.13. The predicted octanol–water partition coefficient (Wildman–Crippen LogP) is 3.21. The highest BCUT2D eigenvalue weighted by atomic mass is 127. The number of aromatic amines is 1. The molecule has 1 N–H and O–H groups in total. The van der Waals surface area contributed by atoms with Crippen LogP contribution in [0.2, 0.25) is 0 Å². The molecule has 0 amide bonds. The first kappa shape index (κ1) is 13.8. The molecule has 1 unspecified atom stereocenters. The van der Waals surface area contributed by atoms with Crippen LogP contribution >= 0.6 is 22.6 Å². The zero-order valence-corrected chi connectivity index (χ0v) is 13.6. The molecule has 1 aliphatic rings. The number of nitrogens with zero attached hydrogens (tertiary/aromatic N) is 1. The molecule has 1 aliphatic carbocycles. The van der Waals surface area contributed by atoms with Gasteiger partial charge in [-0.15, -0.1) is 0 Å². The van der Waals surface area contributed by atoms with E-state index < -0.39 is 0 Å². The van der Waals surface area contributed by atoms with Gasteiger partial charge in [0.2, 0.25) is 0 Å². The lowest BCUT2D eigenvalue weighted by Crippen LogP contribution is -2.23. The van der Waals surface area contributed by atoms with Gasteiger partial charge in [0.05, 0.1) is 9.26 Å². The van der Waals surface area contributed by atoms with Crippen molar-refractivity contribution in [1.82, 2.24) is 9.97 Å². The fraction of sp³-hybridized carbons (Fsp3) is 0.375. The number of benzene rings is 1. The highest BCUT2D eigenvalue weighted by Crippen LogP contribution is 2.30. The van der Waals surface area contributed by atoms with Crippen LogP contribution in [0, 0.1) is 3.57 Å². The molecule has 4 heteroatoms. The molecule has 0 spiro atoms. The topological polar surface area (TPSA) is 45.8 Å². The van der Waals surface area contributed by atoms with Gasteiger partial charge in [0.1, 0.15) is 5.82 Å². The molecule has 0 saturated heterocycles. The number of fused-ring (bicyclic) bond motifs is 1. The third-order valence-electron chi connectivity index (χ3n) is 4.02. The van der Waals surface area contributed by atoms with Crippen molar-refractivity contribution in [2.75, 3.05) is 0 Å². The van der Waals surface area contributed by atoms with E-state index in [1.165, 1.54) is 11.1 Å². The largest absolute Gasteiger partial charge is 0.309 e. The van der Waals surface area contributed by atoms with Gasteiger partial charge in [0.25, 0.3) is 5.56 Å². The van der Waals surface area contributed by atoms with Crippen molar-refractivity contribution in [1.29, 1.82) is 0 Å². The predicted molar refractivity (Wildman–Crippen MR) is 88.2 cm³/mol. The van der Waals surface area contributed by atoms with Crippen LogP contribution in [0.5, 0.6) is 0 Å². The fourth-order valence-electron chi connectivity index (χ4n) is 2.88. The molecule has 1 aromatic heterocycles. The summed E-state index contributed by atoms with van der Waals surface area (Å²) in [6, 6.07) is 8.57. The lowest BCUT2D eigenvalue weighted by Gasteiger charge is -2.24. The average Bonchev–Trinajstić information content (AvgIpc) is 2.49. The second kappa shape index (κ2) is 5.68. The van der Waals surface area contributed by atoms with Crippen molar-refractivity contribution in [3.05, 3.63) is 60.8 Å². The summed E-state index contributed by atoms with van der Waals surface area (Å²) in [5, 5.41) is 0. The Hall–Kier alpha value is -1.17. The van der Waals surface area contributed by atoms with E-state index in [2.05, 4.69) is 56.8 Å². The van der Waals surface area contributed by atoms with Crippen LogP contribution in [0.4, 0.5) is 0 Å². The van der Waals surface area contributed by atoms with Gasteiger partial charge in [-0.05, 0) is 59.4 Å². The summed E-state index contributed by atoms with van der Waals surface area (Å²) in [6.07, 6.45) is 3.91. The van der Waals surface area contributed by atoms with Crippen molar-refractivity contribution in [3.8, 4) is 0 Å². The number of halogens is 1. The summed E-state index contributed by atoms with van der Waals surface area (Å²) in [5.41, 5.74) is 3.75. The van der Waals surface area contributed by atoms with E-state index in [1.54, 1.807) is 0 Å². The zero-order valence-electron chi connectivity index (χ0n) is 11.4. The number of H-pyrrole nitrogens is 1. The number of aryl methyl sites for hydroxylation is 2. The van der Waals surface area contributed by atoms with Gasteiger partial charge < -0.3 is 4.98 Å². The van der Waals surface area contributed by atoms with Gasteiger partial charge in [0.15, 0.2) is 0 Å². The minimum absolute atomic E-state index is 0.00584. The van der Waals surface area contributed by atoms with E-state index in [1.807, 2.05) is 6.92 Å². The molecular weight excluding hydrogens is 363 g/mol. The summed E-state index contributed by atoms with van der Waals surface area (Å²) >= 11 is 2.09. The Morgan fingerprint density at radius 1 is 1.35 bits per heavy atom. The normalized spacial score (nSPS) is 17.8. The molecule has 0 saturated carbocycles. The molecule has 0 aliphatic heterocycles. The number of rotatable bonds is 2. The van der Waals surface area contributed by atoms with Crippen molar-refractivity contribution in [2.24, 2.45) is 0 Å². The first-order chi connectivity index (χ1) is 9.69. The molecule has 0 radical (unpaired) electrons. The maximum atomic E-state index is 12.0. The van der Waals surface area contributed by atoms with Crippen LogP contribution in [0.25, 0.3) is 0 Å². The van der Waals surface area contributed by atoms with E-state index >= 15 is 0 Å². The molecule has 2 aromatic rings. The summed E-state index contributed by atoms with van der Waals surface area (Å²) in [5.74, 6) is 1.20. The minimum Gasteiger partial charge on any atom is -0.309 e. The number of hydrogen-bond donors (Lipinski definition) is 1. The van der Waals surface area contributed by atoms with Gasteiger partial charge in [0, 0.05) is 5.92 Å². The summed E-state index contributed by atoms with van der Waals surface area (Å²) < 4.78 is 0.727. The quantitative estimate of drug-likeness (QED) is 0.814. The smallest absolute Gasteiger partial charge is 0.264 e. The van der Waals surface area contributed by atoms with Gasteiger partial charge in [-0.2, -0.15) is 0 Å². The lowest BCUT2D eigenvalue weighted by molar-refractivity contribution is 0.549. The monoisotopic (exact) mass is 380 g/mol. The van der Waals surface area contributed by atoms with Crippen molar-refractivity contribution < 1.29 is 0 Å². The Balaban J connectivity index is 1.96. The Bertz CT molecular complexity index is 693. The second-order valence-electron chi connectivity index (χ2n) is 5.27. The Kier molecular flexibility index (Phi) is 3.92. The zero-order chi connectivity index (χ0) is 14.1. The van der Waals surface area contributed by atoms with Crippen molar-refractivity contribution >= 4 is 22.6 Å². The van der Waals surface area contributed by atoms with Gasteiger partial charge in [-0.1, -0.05) is 31.2 Å². The minimum atomic E-state index is 0.00584. The van der Waals surface area contributed by atoms with Crippen LogP contribution in [0.1, 0.15) is 41.9 Å². The van der Waals surface area contributed by atoms with E-state index in [9.17, 15) is 4.79 Å². The fourth-order valence-corrected chi connectivity index (χ4v) is 3.52. The maximum Gasteiger partial charge on any atom is 0.264 e. The average molecular weight is 380 g/mol. The highest BCUT2D eigenvalue weighted by Gasteiger charge is 2.22. The van der Waals surface area contributed by atoms with E-state index in [0.29, 0.717) is 5.92 Å². The molecule has 1 atom stereocenters. The number of hydrogen-bond acceptors (Lipinski definition) is 2. The van der Waals surface area contributed by atoms with E-state index in [-0.39, 0.29) is 5.56 Å². The van der Waals surface area contributed by atoms with Crippen molar-refractivity contribution in [3.63, 3.8) is 0 Å². The molecule has 20 heavy (non-hydrogen) atoms. The van der Waals surface area contributed by atoms with E-state index in [4.69, 9.17) is 0 Å². The lowest BCUT2D eigenvalue weighted by atomic mass is 9.83. The Labute approximate surface area is 132 Å². The summed E-state index contributed by atoms with van der Waals surface area (Å²) in [4.78, 5) is 19.7. The number of aromatic nitrogens is 2.